The van der Waals surface area contributed by atoms with E-state index < -0.39 is 0 Å². The molecule has 0 saturated carbocycles. The minimum Gasteiger partial charge on any atom is -0.497 e. The average Bonchev–Trinajstić information content (AvgIpc) is 3.24. The second-order valence-corrected chi connectivity index (χ2v) is 7.77. The number of ether oxygens (including phenoxy) is 2. The Morgan fingerprint density at radius 3 is 2.21 bits per heavy atom. The van der Waals surface area contributed by atoms with Crippen LogP contribution in [-0.4, -0.2) is 50.4 Å². The lowest BCUT2D eigenvalue weighted by Crippen LogP contribution is -2.30. The molecule has 0 N–H and O–H groups in total. The number of carbonyl (C=O) groups is 1. The summed E-state index contributed by atoms with van der Waals surface area (Å²) in [6.07, 6.45) is 0. The summed E-state index contributed by atoms with van der Waals surface area (Å²) in [6.45, 7) is 7.01. The highest BCUT2D eigenvalue weighted by Gasteiger charge is 2.31. The van der Waals surface area contributed by atoms with Gasteiger partial charge in [0.1, 0.15) is 16.9 Å². The fraction of sp³-hybridized carbons (Fsp3) is 0.409. The first-order valence-electron chi connectivity index (χ1n) is 9.61. The predicted molar refractivity (Wildman–Crippen MR) is 116 cm³/mol. The van der Waals surface area contributed by atoms with Gasteiger partial charge < -0.3 is 19.3 Å². The minimum absolute atomic E-state index is 0.0000180. The predicted octanol–water partition coefficient (Wildman–Crippen LogP) is 4.44. The summed E-state index contributed by atoms with van der Waals surface area (Å²) < 4.78 is 10.6. The molecule has 3 rings (SSSR count). The number of anilines is 1. The van der Waals surface area contributed by atoms with Gasteiger partial charge >= 0.3 is 0 Å². The van der Waals surface area contributed by atoms with Crippen LogP contribution in [0.25, 0.3) is 0 Å². The van der Waals surface area contributed by atoms with Gasteiger partial charge in [0, 0.05) is 42.7 Å². The van der Waals surface area contributed by atoms with E-state index in [9.17, 15) is 4.79 Å². The molecule has 28 heavy (non-hydrogen) atoms. The lowest BCUT2D eigenvalue weighted by Gasteiger charge is -2.26. The van der Waals surface area contributed by atoms with E-state index >= 15 is 0 Å². The number of thioether (sulfide) groups is 1. The van der Waals surface area contributed by atoms with Gasteiger partial charge in [-0.1, -0.05) is 12.1 Å². The van der Waals surface area contributed by atoms with Crippen LogP contribution < -0.4 is 14.4 Å². The van der Waals surface area contributed by atoms with E-state index in [-0.39, 0.29) is 11.3 Å². The molecule has 1 aliphatic heterocycles. The molecule has 1 aliphatic rings. The molecule has 150 valence electrons. The third-order valence-electron chi connectivity index (χ3n) is 5.06. The maximum atomic E-state index is 13.2. The van der Waals surface area contributed by atoms with Crippen LogP contribution in [0.4, 0.5) is 5.69 Å². The number of hydrogen-bond acceptors (Lipinski definition) is 5. The molecule has 0 aliphatic carbocycles. The second kappa shape index (κ2) is 9.24. The van der Waals surface area contributed by atoms with Crippen molar-refractivity contribution in [1.82, 2.24) is 4.90 Å². The Kier molecular flexibility index (Phi) is 6.73. The zero-order chi connectivity index (χ0) is 20.1. The normalized spacial score (nSPS) is 16.1. The lowest BCUT2D eigenvalue weighted by molar-refractivity contribution is 0.0759. The van der Waals surface area contributed by atoms with Crippen molar-refractivity contribution < 1.29 is 14.3 Å². The largest absolute Gasteiger partial charge is 0.497 e. The summed E-state index contributed by atoms with van der Waals surface area (Å²) in [5.74, 6) is 2.17. The molecule has 1 fully saturated rings. The van der Waals surface area contributed by atoms with Crippen LogP contribution in [0.3, 0.4) is 0 Å². The van der Waals surface area contributed by atoms with Gasteiger partial charge in [0.25, 0.3) is 5.91 Å². The zero-order valence-corrected chi connectivity index (χ0v) is 17.8. The first-order chi connectivity index (χ1) is 13.6. The number of benzene rings is 2. The van der Waals surface area contributed by atoms with Crippen LogP contribution >= 0.6 is 11.8 Å². The molecule has 1 atom stereocenters. The Balaban J connectivity index is 1.84. The SMILES string of the molecule is CCN(CC)c1ccc(C2SCCN2C(=O)c2cc(OC)cc(OC)c2)cc1. The Hall–Kier alpha value is -2.34. The van der Waals surface area contributed by atoms with Gasteiger partial charge in [-0.25, -0.2) is 0 Å². The van der Waals surface area contributed by atoms with Gasteiger partial charge in [-0.05, 0) is 43.7 Å². The highest BCUT2D eigenvalue weighted by molar-refractivity contribution is 7.99. The van der Waals surface area contributed by atoms with Crippen LogP contribution in [0.15, 0.2) is 42.5 Å². The van der Waals surface area contributed by atoms with Crippen LogP contribution in [0.2, 0.25) is 0 Å². The molecule has 2 aromatic rings. The number of amides is 1. The van der Waals surface area contributed by atoms with E-state index in [1.165, 1.54) is 5.69 Å². The molecule has 0 spiro atoms. The summed E-state index contributed by atoms with van der Waals surface area (Å²) >= 11 is 1.80. The molecule has 1 saturated heterocycles. The van der Waals surface area contributed by atoms with Gasteiger partial charge in [0.05, 0.1) is 14.2 Å². The highest BCUT2D eigenvalue weighted by atomic mass is 32.2. The van der Waals surface area contributed by atoms with Crippen molar-refractivity contribution >= 4 is 23.4 Å². The summed E-state index contributed by atoms with van der Waals surface area (Å²) in [4.78, 5) is 17.5. The number of nitrogens with zero attached hydrogens (tertiary/aromatic N) is 2. The maximum absolute atomic E-state index is 13.2. The maximum Gasteiger partial charge on any atom is 0.255 e. The summed E-state index contributed by atoms with van der Waals surface area (Å²) in [5.41, 5.74) is 2.96. The molecule has 5 nitrogen and oxygen atoms in total. The number of methoxy groups -OCH3 is 2. The van der Waals surface area contributed by atoms with Crippen molar-refractivity contribution in [2.24, 2.45) is 0 Å². The second-order valence-electron chi connectivity index (χ2n) is 6.59. The lowest BCUT2D eigenvalue weighted by atomic mass is 10.1. The minimum atomic E-state index is 0.0000180. The fourth-order valence-corrected chi connectivity index (χ4v) is 4.75. The van der Waals surface area contributed by atoms with Crippen LogP contribution in [-0.2, 0) is 0 Å². The Labute approximate surface area is 171 Å². The number of rotatable bonds is 7. The smallest absolute Gasteiger partial charge is 0.255 e. The van der Waals surface area contributed by atoms with E-state index in [0.29, 0.717) is 17.1 Å². The Bertz CT molecular complexity index is 784. The number of carbonyl (C=O) groups excluding carboxylic acids is 1. The molecular formula is C22H28N2O3S. The first-order valence-corrected chi connectivity index (χ1v) is 10.7. The van der Waals surface area contributed by atoms with Gasteiger partial charge in [-0.15, -0.1) is 11.8 Å². The topological polar surface area (TPSA) is 42.0 Å². The van der Waals surface area contributed by atoms with Gasteiger partial charge in [-0.3, -0.25) is 4.79 Å². The van der Waals surface area contributed by atoms with Crippen molar-refractivity contribution in [3.05, 3.63) is 53.6 Å². The van der Waals surface area contributed by atoms with Crippen molar-refractivity contribution in [3.63, 3.8) is 0 Å². The van der Waals surface area contributed by atoms with Gasteiger partial charge in [0.15, 0.2) is 0 Å². The van der Waals surface area contributed by atoms with Gasteiger partial charge in [0.2, 0.25) is 0 Å². The van der Waals surface area contributed by atoms with Crippen molar-refractivity contribution in [2.75, 3.05) is 44.5 Å². The molecule has 6 heteroatoms. The molecule has 0 radical (unpaired) electrons. The van der Waals surface area contributed by atoms with E-state index in [1.807, 2.05) is 4.90 Å². The Morgan fingerprint density at radius 2 is 1.68 bits per heavy atom. The van der Waals surface area contributed by atoms with E-state index in [4.69, 9.17) is 9.47 Å². The molecular weight excluding hydrogens is 372 g/mol. The van der Waals surface area contributed by atoms with Crippen LogP contribution in [0.1, 0.15) is 35.1 Å². The summed E-state index contributed by atoms with van der Waals surface area (Å²) in [7, 11) is 3.18. The van der Waals surface area contributed by atoms with Crippen LogP contribution in [0, 0.1) is 0 Å². The molecule has 2 aromatic carbocycles. The highest BCUT2D eigenvalue weighted by Crippen LogP contribution is 2.39. The van der Waals surface area contributed by atoms with Crippen molar-refractivity contribution in [2.45, 2.75) is 19.2 Å². The standard InChI is InChI=1S/C22H28N2O3S/c1-5-23(6-2)18-9-7-16(8-10-18)22-24(11-12-28-22)21(25)17-13-19(26-3)15-20(14-17)27-4/h7-10,13-15,22H,5-6,11-12H2,1-4H3. The molecule has 1 amide bonds. The van der Waals surface area contributed by atoms with Crippen molar-refractivity contribution in [3.8, 4) is 11.5 Å². The van der Waals surface area contributed by atoms with Gasteiger partial charge in [-0.2, -0.15) is 0 Å². The molecule has 1 heterocycles. The van der Waals surface area contributed by atoms with Crippen molar-refractivity contribution in [1.29, 1.82) is 0 Å². The first kappa shape index (κ1) is 20.4. The number of hydrogen-bond donors (Lipinski definition) is 0. The molecule has 0 aromatic heterocycles. The monoisotopic (exact) mass is 400 g/mol. The average molecular weight is 401 g/mol. The quantitative estimate of drug-likeness (QED) is 0.687. The molecule has 1 unspecified atom stereocenters. The Morgan fingerprint density at radius 1 is 1.07 bits per heavy atom. The van der Waals surface area contributed by atoms with E-state index in [0.717, 1.165) is 31.0 Å². The van der Waals surface area contributed by atoms with E-state index in [2.05, 4.69) is 43.0 Å². The fourth-order valence-electron chi connectivity index (χ4n) is 3.49. The summed E-state index contributed by atoms with van der Waals surface area (Å²) in [6, 6.07) is 13.9. The van der Waals surface area contributed by atoms with Crippen LogP contribution in [0.5, 0.6) is 11.5 Å². The van der Waals surface area contributed by atoms with E-state index in [1.54, 1.807) is 44.2 Å². The third kappa shape index (κ3) is 4.22. The summed E-state index contributed by atoms with van der Waals surface area (Å²) in [5, 5.41) is 0.0236. The third-order valence-corrected chi connectivity index (χ3v) is 6.32. The molecule has 0 bridgehead atoms. The zero-order valence-electron chi connectivity index (χ0n) is 17.0.